The molecule has 3 amide bonds. The third-order valence-electron chi connectivity index (χ3n) is 5.79. The molecule has 2 heterocycles. The number of hydrogen-bond acceptors (Lipinski definition) is 6. The Morgan fingerprint density at radius 3 is 2.19 bits per heavy atom. The number of likely N-dealkylation sites (tertiary alicyclic amines) is 1. The number of nitrogens with zero attached hydrogens (tertiary/aromatic N) is 3. The van der Waals surface area contributed by atoms with Gasteiger partial charge in [-0.3, -0.25) is 14.5 Å². The standard InChI is InChI=1S/C24H21Cl3N4O4S/c25-15-5-8-17(9-6-15)30(21(32)18-10-7-16(26)13-19(18)27)24-29-20(14-36-24)22(33)35-31(23(28)34)11-3-1-2-4-12-31/h5-10,13-14H,1-4,11-12H2,(H-,28,34)/p+1. The molecular formula is C24H22Cl3N4O4S+. The quantitative estimate of drug-likeness (QED) is 0.356. The minimum Gasteiger partial charge on any atom is -0.316 e. The largest absolute Gasteiger partial charge is 0.455 e. The number of anilines is 2. The van der Waals surface area contributed by atoms with Crippen molar-refractivity contribution in [3.05, 3.63) is 74.2 Å². The molecule has 0 bridgehead atoms. The summed E-state index contributed by atoms with van der Waals surface area (Å²) in [7, 11) is 0. The van der Waals surface area contributed by atoms with Gasteiger partial charge in [0, 0.05) is 28.3 Å². The highest BCUT2D eigenvalue weighted by atomic mass is 35.5. The van der Waals surface area contributed by atoms with E-state index in [0.717, 1.165) is 24.2 Å². The average molecular weight is 569 g/mol. The molecule has 188 valence electrons. The Morgan fingerprint density at radius 2 is 1.58 bits per heavy atom. The Morgan fingerprint density at radius 1 is 0.944 bits per heavy atom. The topological polar surface area (TPSA) is 103 Å². The van der Waals surface area contributed by atoms with E-state index in [2.05, 4.69) is 4.98 Å². The Balaban J connectivity index is 1.68. The fourth-order valence-electron chi connectivity index (χ4n) is 3.91. The lowest BCUT2D eigenvalue weighted by Crippen LogP contribution is -2.57. The SMILES string of the molecule is NC(=O)[N+]1(OC(=O)c2csc(N(C(=O)c3ccc(Cl)cc3Cl)c3ccc(Cl)cc3)n2)CCCCCC1. The number of nitrogens with two attached hydrogens (primary N) is 1. The van der Waals surface area contributed by atoms with Crippen molar-refractivity contribution in [1.82, 2.24) is 4.98 Å². The molecule has 3 aromatic rings. The van der Waals surface area contributed by atoms with Crippen molar-refractivity contribution in [2.24, 2.45) is 5.73 Å². The van der Waals surface area contributed by atoms with Crippen LogP contribution in [0.5, 0.6) is 0 Å². The Hall–Kier alpha value is -2.69. The van der Waals surface area contributed by atoms with Crippen LogP contribution >= 0.6 is 46.1 Å². The van der Waals surface area contributed by atoms with Crippen molar-refractivity contribution < 1.29 is 23.9 Å². The summed E-state index contributed by atoms with van der Waals surface area (Å²) in [5.74, 6) is -1.28. The smallest absolute Gasteiger partial charge is 0.316 e. The van der Waals surface area contributed by atoms with Crippen LogP contribution in [-0.2, 0) is 4.84 Å². The first-order chi connectivity index (χ1) is 17.2. The predicted octanol–water partition coefficient (Wildman–Crippen LogP) is 6.62. The maximum Gasteiger partial charge on any atom is 0.455 e. The molecule has 1 fully saturated rings. The highest BCUT2D eigenvalue weighted by molar-refractivity contribution is 7.14. The number of benzene rings is 2. The van der Waals surface area contributed by atoms with Gasteiger partial charge in [0.1, 0.15) is 13.1 Å². The number of quaternary nitrogens is 1. The fraction of sp³-hybridized carbons (Fsp3) is 0.250. The van der Waals surface area contributed by atoms with E-state index in [9.17, 15) is 14.4 Å². The molecule has 0 saturated carbocycles. The normalized spacial score (nSPS) is 15.1. The molecule has 1 aromatic heterocycles. The van der Waals surface area contributed by atoms with Crippen molar-refractivity contribution in [3.8, 4) is 0 Å². The van der Waals surface area contributed by atoms with Gasteiger partial charge in [-0.15, -0.1) is 11.3 Å². The van der Waals surface area contributed by atoms with Crippen LogP contribution in [0, 0.1) is 0 Å². The molecule has 1 aliphatic heterocycles. The lowest BCUT2D eigenvalue weighted by molar-refractivity contribution is -1.02. The second-order valence-electron chi connectivity index (χ2n) is 8.22. The first-order valence-corrected chi connectivity index (χ1v) is 13.1. The third kappa shape index (κ3) is 5.66. The summed E-state index contributed by atoms with van der Waals surface area (Å²) >= 11 is 19.4. The molecule has 0 radical (unpaired) electrons. The number of thiazole rings is 1. The molecule has 0 spiro atoms. The maximum absolute atomic E-state index is 13.6. The van der Waals surface area contributed by atoms with Gasteiger partial charge in [0.25, 0.3) is 5.91 Å². The molecule has 12 heteroatoms. The number of rotatable bonds is 4. The lowest BCUT2D eigenvalue weighted by Gasteiger charge is -2.28. The average Bonchev–Trinajstić information content (AvgIpc) is 3.19. The van der Waals surface area contributed by atoms with E-state index < -0.39 is 22.6 Å². The van der Waals surface area contributed by atoms with Crippen LogP contribution in [-0.4, -0.2) is 40.6 Å². The van der Waals surface area contributed by atoms with Gasteiger partial charge in [-0.25, -0.2) is 14.6 Å². The van der Waals surface area contributed by atoms with Gasteiger partial charge in [-0.2, -0.15) is 0 Å². The van der Waals surface area contributed by atoms with Gasteiger partial charge in [0.2, 0.25) is 0 Å². The Kier molecular flexibility index (Phi) is 8.17. The number of urea groups is 1. The van der Waals surface area contributed by atoms with Gasteiger partial charge in [0.05, 0.1) is 16.3 Å². The van der Waals surface area contributed by atoms with Crippen molar-refractivity contribution >= 4 is 74.9 Å². The Labute approximate surface area is 226 Å². The molecule has 1 saturated heterocycles. The lowest BCUT2D eigenvalue weighted by atomic mass is 10.2. The summed E-state index contributed by atoms with van der Waals surface area (Å²) in [5, 5.41) is 2.69. The second kappa shape index (κ2) is 11.1. The van der Waals surface area contributed by atoms with Crippen molar-refractivity contribution in [3.63, 3.8) is 0 Å². The van der Waals surface area contributed by atoms with E-state index in [0.29, 0.717) is 41.7 Å². The van der Waals surface area contributed by atoms with Crippen LogP contribution in [0.1, 0.15) is 46.5 Å². The highest BCUT2D eigenvalue weighted by Crippen LogP contribution is 2.34. The zero-order valence-electron chi connectivity index (χ0n) is 19.0. The summed E-state index contributed by atoms with van der Waals surface area (Å²) in [6.45, 7) is 0.616. The monoisotopic (exact) mass is 567 g/mol. The number of carbonyl (C=O) groups excluding carboxylic acids is 3. The van der Waals surface area contributed by atoms with E-state index >= 15 is 0 Å². The van der Waals surface area contributed by atoms with Gasteiger partial charge in [0.15, 0.2) is 10.8 Å². The molecule has 2 N–H and O–H groups in total. The molecule has 36 heavy (non-hydrogen) atoms. The van der Waals surface area contributed by atoms with E-state index in [1.165, 1.54) is 22.4 Å². The van der Waals surface area contributed by atoms with E-state index in [1.54, 1.807) is 30.3 Å². The van der Waals surface area contributed by atoms with Gasteiger partial charge in [-0.1, -0.05) is 39.4 Å². The van der Waals surface area contributed by atoms with Crippen molar-refractivity contribution in [2.45, 2.75) is 25.7 Å². The molecule has 0 unspecified atom stereocenters. The summed E-state index contributed by atoms with van der Waals surface area (Å²) in [6.07, 6.45) is 3.27. The minimum atomic E-state index is -0.800. The molecule has 4 rings (SSSR count). The summed E-state index contributed by atoms with van der Waals surface area (Å²) in [5.41, 5.74) is 6.22. The maximum atomic E-state index is 13.6. The van der Waals surface area contributed by atoms with Crippen LogP contribution in [0.2, 0.25) is 15.1 Å². The third-order valence-corrected chi connectivity index (χ3v) is 7.42. The molecule has 0 atom stereocenters. The first kappa shape index (κ1) is 26.4. The van der Waals surface area contributed by atoms with Crippen LogP contribution in [0.3, 0.4) is 0 Å². The van der Waals surface area contributed by atoms with Crippen molar-refractivity contribution in [1.29, 1.82) is 0 Å². The zero-order chi connectivity index (χ0) is 25.9. The van der Waals surface area contributed by atoms with Crippen molar-refractivity contribution in [2.75, 3.05) is 18.0 Å². The van der Waals surface area contributed by atoms with Crippen LogP contribution in [0.25, 0.3) is 0 Å². The van der Waals surface area contributed by atoms with Gasteiger partial charge in [-0.05, 0) is 55.3 Å². The van der Waals surface area contributed by atoms with E-state index in [4.69, 9.17) is 45.4 Å². The zero-order valence-corrected chi connectivity index (χ0v) is 22.0. The molecule has 2 aromatic carbocycles. The first-order valence-electron chi connectivity index (χ1n) is 11.1. The number of amides is 3. The number of hydrogen-bond donors (Lipinski definition) is 1. The second-order valence-corrected chi connectivity index (χ2v) is 10.3. The van der Waals surface area contributed by atoms with Crippen LogP contribution in [0.4, 0.5) is 15.6 Å². The predicted molar refractivity (Wildman–Crippen MR) is 140 cm³/mol. The summed E-state index contributed by atoms with van der Waals surface area (Å²) in [6, 6.07) is 10.4. The number of carbonyl (C=O) groups is 3. The molecule has 1 aliphatic rings. The summed E-state index contributed by atoms with van der Waals surface area (Å²) < 4.78 is -0.577. The number of halogens is 3. The number of primary amides is 1. The number of hydroxylamine groups is 3. The molecule has 8 nitrogen and oxygen atoms in total. The highest BCUT2D eigenvalue weighted by Gasteiger charge is 2.42. The summed E-state index contributed by atoms with van der Waals surface area (Å²) in [4.78, 5) is 50.1. The minimum absolute atomic E-state index is 0.0491. The molecular weight excluding hydrogens is 547 g/mol. The van der Waals surface area contributed by atoms with Gasteiger partial charge >= 0.3 is 12.0 Å². The molecule has 0 aliphatic carbocycles. The number of aromatic nitrogens is 1. The fourth-order valence-corrected chi connectivity index (χ4v) is 5.34. The van der Waals surface area contributed by atoms with E-state index in [1.807, 2.05) is 0 Å². The van der Waals surface area contributed by atoms with E-state index in [-0.39, 0.29) is 21.4 Å². The van der Waals surface area contributed by atoms with Gasteiger partial charge < -0.3 is 5.73 Å². The Bertz CT molecular complexity index is 1290. The van der Waals surface area contributed by atoms with Crippen LogP contribution < -0.4 is 10.6 Å². The van der Waals surface area contributed by atoms with Crippen LogP contribution in [0.15, 0.2) is 47.8 Å².